The number of hydrogen-bond acceptors (Lipinski definition) is 2. The molecule has 3 heteroatoms. The summed E-state index contributed by atoms with van der Waals surface area (Å²) in [6, 6.07) is 0.368. The lowest BCUT2D eigenvalue weighted by Crippen LogP contribution is -2.36. The Morgan fingerprint density at radius 2 is 2.00 bits per heavy atom. The van der Waals surface area contributed by atoms with E-state index in [1.165, 1.54) is 6.20 Å². The second-order valence-electron chi connectivity index (χ2n) is 2.82. The first-order chi connectivity index (χ1) is 4.63. The zero-order chi connectivity index (χ0) is 7.72. The third-order valence-electron chi connectivity index (χ3n) is 1.77. The van der Waals surface area contributed by atoms with Crippen molar-refractivity contribution in [2.75, 3.05) is 0 Å². The number of hydrogen-bond donors (Lipinski definition) is 0. The van der Waals surface area contributed by atoms with Crippen LogP contribution in [-0.2, 0) is 0 Å². The molecule has 0 aromatic heterocycles. The van der Waals surface area contributed by atoms with Gasteiger partial charge < -0.3 is 4.90 Å². The maximum atomic E-state index is 12.6. The smallest absolute Gasteiger partial charge is 0.129 e. The van der Waals surface area contributed by atoms with Crippen molar-refractivity contribution in [3.8, 4) is 0 Å². The minimum Gasteiger partial charge on any atom is -0.352 e. The molecule has 1 rings (SSSR count). The summed E-state index contributed by atoms with van der Waals surface area (Å²) in [6.45, 7) is 5.92. The fraction of sp³-hybridized carbons (Fsp3) is 0.714. The minimum absolute atomic E-state index is 0.139. The lowest BCUT2D eigenvalue weighted by atomic mass is 10.3. The molecule has 2 nitrogen and oxygen atoms in total. The number of nitrogens with zero attached hydrogens (tertiary/aromatic N) is 2. The average molecular weight is 144 g/mol. The van der Waals surface area contributed by atoms with E-state index < -0.39 is 0 Å². The number of halogens is 1. The molecule has 0 N–H and O–H groups in total. The zero-order valence-electron chi connectivity index (χ0n) is 6.58. The van der Waals surface area contributed by atoms with E-state index in [0.717, 1.165) is 0 Å². The molecule has 1 atom stereocenters. The molecular weight excluding hydrogens is 131 g/mol. The zero-order valence-corrected chi connectivity index (χ0v) is 6.58. The molecule has 0 aromatic carbocycles. The summed E-state index contributed by atoms with van der Waals surface area (Å²) >= 11 is 0. The Kier molecular flexibility index (Phi) is 1.83. The van der Waals surface area contributed by atoms with E-state index in [2.05, 4.69) is 0 Å². The summed E-state index contributed by atoms with van der Waals surface area (Å²) in [7, 11) is 0. The molecule has 1 aliphatic rings. The summed E-state index contributed by atoms with van der Waals surface area (Å²) in [4.78, 5) is 1.96. The van der Waals surface area contributed by atoms with Gasteiger partial charge in [-0.05, 0) is 20.8 Å². The van der Waals surface area contributed by atoms with Gasteiger partial charge >= 0.3 is 0 Å². The van der Waals surface area contributed by atoms with Crippen molar-refractivity contribution in [2.45, 2.75) is 33.0 Å². The Hall–Kier alpha value is -0.730. The summed E-state index contributed by atoms with van der Waals surface area (Å²) in [6.07, 6.45) is 3.08. The van der Waals surface area contributed by atoms with Crippen LogP contribution in [0.4, 0.5) is 4.48 Å². The standard InChI is InChI=1S/C7H13FN2/c1-6(2)9-4-5-10(8)7(9)3/h4-7H,1-3H3. The van der Waals surface area contributed by atoms with Crippen molar-refractivity contribution in [3.63, 3.8) is 0 Å². The molecule has 10 heavy (non-hydrogen) atoms. The van der Waals surface area contributed by atoms with Crippen LogP contribution in [0.5, 0.6) is 0 Å². The van der Waals surface area contributed by atoms with Gasteiger partial charge in [-0.25, -0.2) is 0 Å². The molecule has 0 saturated carbocycles. The summed E-state index contributed by atoms with van der Waals surface area (Å²) in [5, 5.41) is 0.708. The molecule has 0 fully saturated rings. The second kappa shape index (κ2) is 2.48. The largest absolute Gasteiger partial charge is 0.352 e. The fourth-order valence-corrected chi connectivity index (χ4v) is 1.12. The normalized spacial score (nSPS) is 25.1. The molecule has 0 amide bonds. The average Bonchev–Trinajstić information content (AvgIpc) is 2.14. The molecular formula is C7H13FN2. The van der Waals surface area contributed by atoms with Gasteiger partial charge in [0.2, 0.25) is 0 Å². The summed E-state index contributed by atoms with van der Waals surface area (Å²) < 4.78 is 12.6. The third-order valence-corrected chi connectivity index (χ3v) is 1.77. The van der Waals surface area contributed by atoms with Gasteiger partial charge in [0.1, 0.15) is 6.17 Å². The van der Waals surface area contributed by atoms with Crippen LogP contribution in [0.25, 0.3) is 0 Å². The molecule has 0 radical (unpaired) electrons. The SMILES string of the molecule is CC(C)N1C=CN(F)C1C. The van der Waals surface area contributed by atoms with Crippen LogP contribution in [-0.4, -0.2) is 22.2 Å². The van der Waals surface area contributed by atoms with Crippen LogP contribution < -0.4 is 0 Å². The van der Waals surface area contributed by atoms with Crippen LogP contribution in [0.3, 0.4) is 0 Å². The lowest BCUT2D eigenvalue weighted by Gasteiger charge is -2.27. The fourth-order valence-electron chi connectivity index (χ4n) is 1.12. The van der Waals surface area contributed by atoms with E-state index in [-0.39, 0.29) is 6.17 Å². The molecule has 0 aromatic rings. The summed E-state index contributed by atoms with van der Waals surface area (Å²) in [5.41, 5.74) is 0. The van der Waals surface area contributed by atoms with Crippen molar-refractivity contribution >= 4 is 0 Å². The highest BCUT2D eigenvalue weighted by molar-refractivity contribution is 4.92. The predicted molar refractivity (Wildman–Crippen MR) is 38.5 cm³/mol. The van der Waals surface area contributed by atoms with Gasteiger partial charge in [0.05, 0.1) is 6.20 Å². The van der Waals surface area contributed by atoms with Crippen molar-refractivity contribution in [1.29, 1.82) is 0 Å². The maximum Gasteiger partial charge on any atom is 0.129 e. The van der Waals surface area contributed by atoms with Crippen LogP contribution >= 0.6 is 0 Å². The number of rotatable bonds is 1. The highest BCUT2D eigenvalue weighted by atomic mass is 19.2. The predicted octanol–water partition coefficient (Wildman–Crippen LogP) is 1.71. The van der Waals surface area contributed by atoms with Gasteiger partial charge in [0.15, 0.2) is 0 Å². The molecule has 0 saturated heterocycles. The van der Waals surface area contributed by atoms with Gasteiger partial charge in [-0.2, -0.15) is 5.12 Å². The van der Waals surface area contributed by atoms with Crippen LogP contribution in [0.2, 0.25) is 0 Å². The van der Waals surface area contributed by atoms with Crippen molar-refractivity contribution < 1.29 is 4.48 Å². The Bertz CT molecular complexity index is 145. The van der Waals surface area contributed by atoms with Gasteiger partial charge in [0.25, 0.3) is 0 Å². The van der Waals surface area contributed by atoms with Gasteiger partial charge in [-0.3, -0.25) is 0 Å². The van der Waals surface area contributed by atoms with E-state index in [1.54, 1.807) is 6.20 Å². The first kappa shape index (κ1) is 7.38. The molecule has 0 spiro atoms. The topological polar surface area (TPSA) is 6.48 Å². The van der Waals surface area contributed by atoms with Gasteiger partial charge in [-0.15, -0.1) is 0 Å². The van der Waals surface area contributed by atoms with E-state index >= 15 is 0 Å². The van der Waals surface area contributed by atoms with Crippen molar-refractivity contribution in [3.05, 3.63) is 12.4 Å². The van der Waals surface area contributed by atoms with E-state index in [4.69, 9.17) is 0 Å². The lowest BCUT2D eigenvalue weighted by molar-refractivity contribution is -0.00517. The highest BCUT2D eigenvalue weighted by Gasteiger charge is 2.23. The van der Waals surface area contributed by atoms with Crippen LogP contribution in [0.1, 0.15) is 20.8 Å². The third kappa shape index (κ3) is 1.08. The summed E-state index contributed by atoms with van der Waals surface area (Å²) in [5.74, 6) is 0. The van der Waals surface area contributed by atoms with Crippen LogP contribution in [0, 0.1) is 0 Å². The molecule has 1 unspecified atom stereocenters. The van der Waals surface area contributed by atoms with E-state index in [9.17, 15) is 4.48 Å². The second-order valence-corrected chi connectivity index (χ2v) is 2.82. The molecule has 58 valence electrons. The van der Waals surface area contributed by atoms with Crippen LogP contribution in [0.15, 0.2) is 12.4 Å². The Morgan fingerprint density at radius 1 is 1.40 bits per heavy atom. The van der Waals surface area contributed by atoms with Gasteiger partial charge in [-0.1, -0.05) is 4.48 Å². The first-order valence-corrected chi connectivity index (χ1v) is 3.53. The molecule has 1 heterocycles. The minimum atomic E-state index is -0.139. The molecule has 0 bridgehead atoms. The first-order valence-electron chi connectivity index (χ1n) is 3.53. The molecule has 0 aliphatic carbocycles. The quantitative estimate of drug-likeness (QED) is 0.517. The highest BCUT2D eigenvalue weighted by Crippen LogP contribution is 2.17. The molecule has 1 aliphatic heterocycles. The Balaban J connectivity index is 2.58. The van der Waals surface area contributed by atoms with Crippen molar-refractivity contribution in [2.24, 2.45) is 0 Å². The maximum absolute atomic E-state index is 12.6. The Morgan fingerprint density at radius 3 is 2.20 bits per heavy atom. The van der Waals surface area contributed by atoms with Crippen molar-refractivity contribution in [1.82, 2.24) is 10.0 Å². The van der Waals surface area contributed by atoms with E-state index in [1.807, 2.05) is 25.7 Å². The van der Waals surface area contributed by atoms with Gasteiger partial charge in [0, 0.05) is 12.2 Å². The monoisotopic (exact) mass is 144 g/mol. The van der Waals surface area contributed by atoms with E-state index in [0.29, 0.717) is 11.2 Å². The Labute approximate surface area is 60.9 Å².